The van der Waals surface area contributed by atoms with Crippen LogP contribution in [0.4, 0.5) is 10.2 Å². The lowest BCUT2D eigenvalue weighted by Crippen LogP contribution is -2.07. The molecule has 4 nitrogen and oxygen atoms in total. The molecule has 0 aliphatic heterocycles. The van der Waals surface area contributed by atoms with Gasteiger partial charge in [-0.3, -0.25) is 0 Å². The van der Waals surface area contributed by atoms with E-state index in [4.69, 9.17) is 5.26 Å². The topological polar surface area (TPSA) is 61.6 Å². The molecule has 0 saturated carbocycles. The average molecular weight is 284 g/mol. The Bertz CT molecular complexity index is 704. The number of nitrogens with one attached hydrogen (secondary N) is 1. The molecule has 1 N–H and O–H groups in total. The van der Waals surface area contributed by atoms with Crippen molar-refractivity contribution in [3.63, 3.8) is 0 Å². The molecule has 0 atom stereocenters. The van der Waals surface area contributed by atoms with Gasteiger partial charge in [-0.2, -0.15) is 5.26 Å². The van der Waals surface area contributed by atoms with Gasteiger partial charge in [-0.15, -0.1) is 0 Å². The van der Waals surface area contributed by atoms with Crippen molar-refractivity contribution in [1.82, 2.24) is 9.97 Å². The highest BCUT2D eigenvalue weighted by molar-refractivity contribution is 5.69. The zero-order valence-electron chi connectivity index (χ0n) is 12.4. The van der Waals surface area contributed by atoms with Crippen LogP contribution in [0.3, 0.4) is 0 Å². The zero-order chi connectivity index (χ0) is 15.4. The first kappa shape index (κ1) is 14.9. The number of rotatable bonds is 4. The second-order valence-electron chi connectivity index (χ2n) is 4.69. The SMILES string of the molecule is CCNc1nc(CC)nc(-c2cc(F)cc(C#N)c2)c1C. The maximum Gasteiger partial charge on any atom is 0.133 e. The largest absolute Gasteiger partial charge is 0.370 e. The second kappa shape index (κ2) is 6.31. The molecule has 1 aromatic heterocycles. The first-order valence-corrected chi connectivity index (χ1v) is 6.91. The first-order valence-electron chi connectivity index (χ1n) is 6.91. The Morgan fingerprint density at radius 2 is 2.00 bits per heavy atom. The van der Waals surface area contributed by atoms with Crippen molar-refractivity contribution in [2.75, 3.05) is 11.9 Å². The van der Waals surface area contributed by atoms with Gasteiger partial charge in [0.1, 0.15) is 17.5 Å². The Hall–Kier alpha value is -2.48. The van der Waals surface area contributed by atoms with E-state index >= 15 is 0 Å². The molecule has 0 bridgehead atoms. The Morgan fingerprint density at radius 3 is 2.62 bits per heavy atom. The summed E-state index contributed by atoms with van der Waals surface area (Å²) < 4.78 is 13.7. The Kier molecular flexibility index (Phi) is 4.49. The third-order valence-corrected chi connectivity index (χ3v) is 3.15. The number of hydrogen-bond donors (Lipinski definition) is 1. The lowest BCUT2D eigenvalue weighted by atomic mass is 10.0. The van der Waals surface area contributed by atoms with Crippen LogP contribution in [0, 0.1) is 24.1 Å². The molecular formula is C16H17FN4. The van der Waals surface area contributed by atoms with E-state index in [-0.39, 0.29) is 5.56 Å². The molecule has 0 unspecified atom stereocenters. The molecule has 0 spiro atoms. The maximum atomic E-state index is 13.7. The van der Waals surface area contributed by atoms with Crippen LogP contribution in [0.1, 0.15) is 30.8 Å². The molecular weight excluding hydrogens is 267 g/mol. The summed E-state index contributed by atoms with van der Waals surface area (Å²) >= 11 is 0. The predicted molar refractivity (Wildman–Crippen MR) is 80.4 cm³/mol. The highest BCUT2D eigenvalue weighted by Crippen LogP contribution is 2.27. The number of halogens is 1. The highest BCUT2D eigenvalue weighted by Gasteiger charge is 2.13. The van der Waals surface area contributed by atoms with E-state index in [1.807, 2.05) is 26.8 Å². The van der Waals surface area contributed by atoms with Crippen molar-refractivity contribution in [2.45, 2.75) is 27.2 Å². The minimum Gasteiger partial charge on any atom is -0.370 e. The van der Waals surface area contributed by atoms with Gasteiger partial charge in [0.2, 0.25) is 0 Å². The van der Waals surface area contributed by atoms with Crippen molar-refractivity contribution in [2.24, 2.45) is 0 Å². The van der Waals surface area contributed by atoms with Crippen LogP contribution in [-0.2, 0) is 6.42 Å². The van der Waals surface area contributed by atoms with Crippen LogP contribution in [0.25, 0.3) is 11.3 Å². The van der Waals surface area contributed by atoms with Crippen LogP contribution in [0.15, 0.2) is 18.2 Å². The average Bonchev–Trinajstić information content (AvgIpc) is 2.48. The van der Waals surface area contributed by atoms with Crippen LogP contribution in [0.5, 0.6) is 0 Å². The molecule has 0 radical (unpaired) electrons. The molecule has 1 aromatic carbocycles. The summed E-state index contributed by atoms with van der Waals surface area (Å²) in [6, 6.07) is 6.22. The van der Waals surface area contributed by atoms with Crippen molar-refractivity contribution in [1.29, 1.82) is 5.26 Å². The molecule has 0 amide bonds. The molecule has 0 fully saturated rings. The van der Waals surface area contributed by atoms with E-state index in [0.717, 1.165) is 17.9 Å². The van der Waals surface area contributed by atoms with Crippen molar-refractivity contribution < 1.29 is 4.39 Å². The number of hydrogen-bond acceptors (Lipinski definition) is 4. The number of benzene rings is 1. The minimum absolute atomic E-state index is 0.283. The lowest BCUT2D eigenvalue weighted by Gasteiger charge is -2.13. The number of nitrogens with zero attached hydrogens (tertiary/aromatic N) is 3. The molecule has 5 heteroatoms. The van der Waals surface area contributed by atoms with Crippen molar-refractivity contribution in [3.8, 4) is 17.3 Å². The Labute approximate surface area is 123 Å². The fraction of sp³-hybridized carbons (Fsp3) is 0.312. The standard InChI is InChI=1S/C16H17FN4/c1-4-14-20-15(10(3)16(21-14)19-5-2)12-6-11(9-18)7-13(17)8-12/h6-8H,4-5H2,1-3H3,(H,19,20,21). The summed E-state index contributed by atoms with van der Waals surface area (Å²) in [4.78, 5) is 8.94. The number of nitriles is 1. The smallest absolute Gasteiger partial charge is 0.133 e. The normalized spacial score (nSPS) is 10.2. The summed E-state index contributed by atoms with van der Waals surface area (Å²) in [6.45, 7) is 6.59. The first-order chi connectivity index (χ1) is 10.1. The third-order valence-electron chi connectivity index (χ3n) is 3.15. The van der Waals surface area contributed by atoms with Crippen molar-refractivity contribution >= 4 is 5.82 Å². The zero-order valence-corrected chi connectivity index (χ0v) is 12.4. The van der Waals surface area contributed by atoms with Gasteiger partial charge in [-0.05, 0) is 32.0 Å². The van der Waals surface area contributed by atoms with Gasteiger partial charge in [-0.25, -0.2) is 14.4 Å². The summed E-state index contributed by atoms with van der Waals surface area (Å²) in [6.07, 6.45) is 0.687. The van der Waals surface area contributed by atoms with E-state index in [0.29, 0.717) is 23.5 Å². The maximum absolute atomic E-state index is 13.7. The lowest BCUT2D eigenvalue weighted by molar-refractivity contribution is 0.627. The van der Waals surface area contributed by atoms with Crippen LogP contribution >= 0.6 is 0 Å². The molecule has 108 valence electrons. The molecule has 0 aliphatic carbocycles. The van der Waals surface area contributed by atoms with Crippen LogP contribution in [-0.4, -0.2) is 16.5 Å². The summed E-state index contributed by atoms with van der Waals surface area (Å²) in [5, 5.41) is 12.2. The van der Waals surface area contributed by atoms with Crippen LogP contribution < -0.4 is 5.32 Å². The molecule has 21 heavy (non-hydrogen) atoms. The van der Waals surface area contributed by atoms with Gasteiger partial charge in [0.05, 0.1) is 17.3 Å². The quantitative estimate of drug-likeness (QED) is 0.934. The van der Waals surface area contributed by atoms with E-state index in [1.54, 1.807) is 6.07 Å². The molecule has 0 aliphatic rings. The van der Waals surface area contributed by atoms with Crippen LogP contribution in [0.2, 0.25) is 0 Å². The summed E-state index contributed by atoms with van der Waals surface area (Å²) in [5.41, 5.74) is 2.39. The van der Waals surface area contributed by atoms with Gasteiger partial charge in [0.15, 0.2) is 0 Å². The van der Waals surface area contributed by atoms with Crippen molar-refractivity contribution in [3.05, 3.63) is 41.0 Å². The highest BCUT2D eigenvalue weighted by atomic mass is 19.1. The fourth-order valence-electron chi connectivity index (χ4n) is 2.13. The molecule has 1 heterocycles. The minimum atomic E-state index is -0.440. The van der Waals surface area contributed by atoms with Gasteiger partial charge >= 0.3 is 0 Å². The molecule has 2 aromatic rings. The number of aryl methyl sites for hydroxylation is 1. The Morgan fingerprint density at radius 1 is 1.24 bits per heavy atom. The third kappa shape index (κ3) is 3.16. The van der Waals surface area contributed by atoms with Gasteiger partial charge in [0.25, 0.3) is 0 Å². The fourth-order valence-corrected chi connectivity index (χ4v) is 2.13. The van der Waals surface area contributed by atoms with Gasteiger partial charge in [0, 0.05) is 24.1 Å². The van der Waals surface area contributed by atoms with E-state index in [9.17, 15) is 4.39 Å². The monoisotopic (exact) mass is 284 g/mol. The van der Waals surface area contributed by atoms with Gasteiger partial charge < -0.3 is 5.32 Å². The van der Waals surface area contributed by atoms with Gasteiger partial charge in [-0.1, -0.05) is 6.92 Å². The number of anilines is 1. The molecule has 2 rings (SSSR count). The summed E-state index contributed by atoms with van der Waals surface area (Å²) in [5.74, 6) is 1.00. The Balaban J connectivity index is 2.65. The second-order valence-corrected chi connectivity index (χ2v) is 4.69. The summed E-state index contributed by atoms with van der Waals surface area (Å²) in [7, 11) is 0. The number of aromatic nitrogens is 2. The van der Waals surface area contributed by atoms with E-state index in [1.165, 1.54) is 12.1 Å². The van der Waals surface area contributed by atoms with E-state index in [2.05, 4.69) is 15.3 Å². The van der Waals surface area contributed by atoms with E-state index < -0.39 is 5.82 Å². The molecule has 0 saturated heterocycles. The predicted octanol–water partition coefficient (Wildman–Crippen LogP) is 3.46.